The summed E-state index contributed by atoms with van der Waals surface area (Å²) in [6, 6.07) is 0. The van der Waals surface area contributed by atoms with Crippen molar-refractivity contribution in [2.75, 3.05) is 52.6 Å². The van der Waals surface area contributed by atoms with E-state index in [-0.39, 0.29) is 5.41 Å². The maximum atomic E-state index is 12.0. The lowest BCUT2D eigenvalue weighted by atomic mass is 9.79. The Kier molecular flexibility index (Phi) is 6.02. The van der Waals surface area contributed by atoms with Gasteiger partial charge in [-0.25, -0.2) is 13.1 Å². The number of ether oxygens (including phenoxy) is 2. The van der Waals surface area contributed by atoms with Gasteiger partial charge in [0.2, 0.25) is 10.0 Å². The van der Waals surface area contributed by atoms with Crippen LogP contribution in [0.5, 0.6) is 0 Å². The van der Waals surface area contributed by atoms with E-state index in [9.17, 15) is 8.42 Å². The summed E-state index contributed by atoms with van der Waals surface area (Å²) in [5, 5.41) is -0.391. The number of nitrogens with zero attached hydrogens (tertiary/aromatic N) is 1. The monoisotopic (exact) mass is 320 g/mol. The van der Waals surface area contributed by atoms with Crippen LogP contribution in [0.25, 0.3) is 0 Å². The van der Waals surface area contributed by atoms with E-state index in [4.69, 9.17) is 9.47 Å². The Morgan fingerprint density at radius 2 is 1.67 bits per heavy atom. The Balaban J connectivity index is 1.99. The third-order valence-corrected chi connectivity index (χ3v) is 6.27. The van der Waals surface area contributed by atoms with Gasteiger partial charge < -0.3 is 9.47 Å². The van der Waals surface area contributed by atoms with Gasteiger partial charge in [-0.15, -0.1) is 0 Å². The molecule has 1 N–H and O–H groups in total. The molecule has 0 spiro atoms. The van der Waals surface area contributed by atoms with Crippen molar-refractivity contribution >= 4 is 10.0 Å². The molecule has 0 aromatic carbocycles. The molecule has 2 aliphatic rings. The summed E-state index contributed by atoms with van der Waals surface area (Å²) in [6.07, 6.45) is 1.82. The zero-order valence-electron chi connectivity index (χ0n) is 13.1. The molecule has 2 rings (SSSR count). The van der Waals surface area contributed by atoms with Gasteiger partial charge in [-0.05, 0) is 26.7 Å². The zero-order valence-corrected chi connectivity index (χ0v) is 14.0. The molecular weight excluding hydrogens is 292 g/mol. The van der Waals surface area contributed by atoms with Gasteiger partial charge in [0, 0.05) is 44.8 Å². The number of nitrogens with one attached hydrogen (secondary N) is 1. The van der Waals surface area contributed by atoms with Crippen LogP contribution in [-0.4, -0.2) is 71.2 Å². The summed E-state index contributed by atoms with van der Waals surface area (Å²) in [7, 11) is -3.21. The number of morpholine rings is 1. The van der Waals surface area contributed by atoms with Crippen LogP contribution in [-0.2, 0) is 19.5 Å². The molecule has 0 aliphatic carbocycles. The molecule has 0 atom stereocenters. The molecule has 6 nitrogen and oxygen atoms in total. The molecular formula is C14H28N2O4S. The number of rotatable bonds is 6. The zero-order chi connectivity index (χ0) is 15.3. The first kappa shape index (κ1) is 17.1. The first-order valence-electron chi connectivity index (χ1n) is 7.80. The fraction of sp³-hybridized carbons (Fsp3) is 1.00. The van der Waals surface area contributed by atoms with Gasteiger partial charge in [0.25, 0.3) is 0 Å². The van der Waals surface area contributed by atoms with E-state index in [1.165, 1.54) is 0 Å². The van der Waals surface area contributed by atoms with Crippen LogP contribution in [0.4, 0.5) is 0 Å². The highest BCUT2D eigenvalue weighted by Gasteiger charge is 2.36. The van der Waals surface area contributed by atoms with Crippen molar-refractivity contribution < 1.29 is 17.9 Å². The Hall–Kier alpha value is -0.210. The molecule has 2 heterocycles. The summed E-state index contributed by atoms with van der Waals surface area (Å²) in [5.74, 6) is 0. The standard InChI is InChI=1S/C14H28N2O4S/c1-13(2)21(17,18)15-11-14(3-7-19-8-4-14)12-16-5-9-20-10-6-16/h13,15H,3-12H2,1-2H3. The maximum Gasteiger partial charge on any atom is 0.213 e. The van der Waals surface area contributed by atoms with Gasteiger partial charge in [0.05, 0.1) is 18.5 Å². The Morgan fingerprint density at radius 1 is 1.10 bits per heavy atom. The van der Waals surface area contributed by atoms with Gasteiger partial charge in [-0.3, -0.25) is 4.90 Å². The summed E-state index contributed by atoms with van der Waals surface area (Å²) < 4.78 is 37.7. The highest BCUT2D eigenvalue weighted by Crippen LogP contribution is 2.31. The summed E-state index contributed by atoms with van der Waals surface area (Å²) in [5.41, 5.74) is -0.0163. The second-order valence-electron chi connectivity index (χ2n) is 6.42. The van der Waals surface area contributed by atoms with Crippen LogP contribution in [0.15, 0.2) is 0 Å². The Morgan fingerprint density at radius 3 is 2.24 bits per heavy atom. The minimum Gasteiger partial charge on any atom is -0.381 e. The Labute approximate surface area is 128 Å². The first-order valence-corrected chi connectivity index (χ1v) is 9.35. The minimum atomic E-state index is -3.21. The van der Waals surface area contributed by atoms with E-state index < -0.39 is 15.3 Å². The molecule has 2 aliphatic heterocycles. The lowest BCUT2D eigenvalue weighted by molar-refractivity contribution is -0.0270. The molecule has 21 heavy (non-hydrogen) atoms. The smallest absolute Gasteiger partial charge is 0.213 e. The Bertz CT molecular complexity index is 413. The third kappa shape index (κ3) is 4.89. The second-order valence-corrected chi connectivity index (χ2v) is 8.74. The topological polar surface area (TPSA) is 67.9 Å². The lowest BCUT2D eigenvalue weighted by Crippen LogP contribution is -2.51. The average Bonchev–Trinajstić information content (AvgIpc) is 2.47. The highest BCUT2D eigenvalue weighted by molar-refractivity contribution is 7.90. The van der Waals surface area contributed by atoms with Crippen molar-refractivity contribution in [1.82, 2.24) is 9.62 Å². The molecule has 0 unspecified atom stereocenters. The van der Waals surface area contributed by atoms with E-state index in [1.54, 1.807) is 13.8 Å². The van der Waals surface area contributed by atoms with E-state index in [0.717, 1.165) is 45.7 Å². The van der Waals surface area contributed by atoms with E-state index in [2.05, 4.69) is 9.62 Å². The van der Waals surface area contributed by atoms with Crippen LogP contribution in [0.1, 0.15) is 26.7 Å². The van der Waals surface area contributed by atoms with Gasteiger partial charge in [-0.1, -0.05) is 0 Å². The van der Waals surface area contributed by atoms with Crippen molar-refractivity contribution in [3.63, 3.8) is 0 Å². The quantitative estimate of drug-likeness (QED) is 0.769. The van der Waals surface area contributed by atoms with E-state index >= 15 is 0 Å². The maximum absolute atomic E-state index is 12.0. The molecule has 0 radical (unpaired) electrons. The molecule has 124 valence electrons. The van der Waals surface area contributed by atoms with Gasteiger partial charge in [0.15, 0.2) is 0 Å². The molecule has 7 heteroatoms. The molecule has 0 aromatic rings. The number of sulfonamides is 1. The van der Waals surface area contributed by atoms with Crippen LogP contribution in [0, 0.1) is 5.41 Å². The van der Waals surface area contributed by atoms with Gasteiger partial charge in [0.1, 0.15) is 0 Å². The second kappa shape index (κ2) is 7.37. The molecule has 0 saturated carbocycles. The first-order chi connectivity index (χ1) is 9.94. The summed E-state index contributed by atoms with van der Waals surface area (Å²) >= 11 is 0. The van der Waals surface area contributed by atoms with E-state index in [0.29, 0.717) is 19.8 Å². The van der Waals surface area contributed by atoms with E-state index in [1.807, 2.05) is 0 Å². The number of hydrogen-bond donors (Lipinski definition) is 1. The molecule has 2 saturated heterocycles. The normalized spacial score (nSPS) is 24.3. The summed E-state index contributed by atoms with van der Waals surface area (Å²) in [4.78, 5) is 2.39. The van der Waals surface area contributed by atoms with Crippen LogP contribution < -0.4 is 4.72 Å². The molecule has 0 bridgehead atoms. The minimum absolute atomic E-state index is 0.0163. The lowest BCUT2D eigenvalue weighted by Gasteiger charge is -2.42. The van der Waals surface area contributed by atoms with Crippen molar-refractivity contribution in [2.24, 2.45) is 5.41 Å². The fourth-order valence-electron chi connectivity index (χ4n) is 2.85. The molecule has 0 aromatic heterocycles. The van der Waals surface area contributed by atoms with Crippen molar-refractivity contribution in [3.05, 3.63) is 0 Å². The van der Waals surface area contributed by atoms with Crippen molar-refractivity contribution in [2.45, 2.75) is 31.9 Å². The average molecular weight is 320 g/mol. The SMILES string of the molecule is CC(C)S(=O)(=O)NCC1(CN2CCOCC2)CCOCC1. The van der Waals surface area contributed by atoms with Crippen LogP contribution >= 0.6 is 0 Å². The van der Waals surface area contributed by atoms with Crippen molar-refractivity contribution in [1.29, 1.82) is 0 Å². The highest BCUT2D eigenvalue weighted by atomic mass is 32.2. The van der Waals surface area contributed by atoms with Gasteiger partial charge >= 0.3 is 0 Å². The molecule has 2 fully saturated rings. The largest absolute Gasteiger partial charge is 0.381 e. The molecule has 0 amide bonds. The predicted molar refractivity (Wildman–Crippen MR) is 81.8 cm³/mol. The van der Waals surface area contributed by atoms with Crippen molar-refractivity contribution in [3.8, 4) is 0 Å². The predicted octanol–water partition coefficient (Wildman–Crippen LogP) is 0.443. The number of hydrogen-bond acceptors (Lipinski definition) is 5. The van der Waals surface area contributed by atoms with Gasteiger partial charge in [-0.2, -0.15) is 0 Å². The third-order valence-electron chi connectivity index (χ3n) is 4.49. The van der Waals surface area contributed by atoms with Crippen LogP contribution in [0.2, 0.25) is 0 Å². The summed E-state index contributed by atoms with van der Waals surface area (Å²) in [6.45, 7) is 9.67. The fourth-order valence-corrected chi connectivity index (χ4v) is 3.69. The van der Waals surface area contributed by atoms with Crippen LogP contribution in [0.3, 0.4) is 0 Å².